The lowest BCUT2D eigenvalue weighted by atomic mass is 10.2. The van der Waals surface area contributed by atoms with Gasteiger partial charge in [0, 0.05) is 29.9 Å². The van der Waals surface area contributed by atoms with E-state index in [4.69, 9.17) is 9.47 Å². The maximum Gasteiger partial charge on any atom is 0.341 e. The summed E-state index contributed by atoms with van der Waals surface area (Å²) < 4.78 is 12.0. The van der Waals surface area contributed by atoms with Gasteiger partial charge in [-0.25, -0.2) is 14.3 Å². The van der Waals surface area contributed by atoms with E-state index in [2.05, 4.69) is 20.7 Å². The van der Waals surface area contributed by atoms with Crippen molar-refractivity contribution in [3.05, 3.63) is 41.9 Å². The number of aliphatic hydroxyl groups excluding tert-OH is 1. The predicted molar refractivity (Wildman–Crippen MR) is 108 cm³/mol. The Labute approximate surface area is 171 Å². The molecule has 0 radical (unpaired) electrons. The zero-order valence-electron chi connectivity index (χ0n) is 16.5. The molecule has 3 heterocycles. The minimum Gasteiger partial charge on any atom is -0.492 e. The van der Waals surface area contributed by atoms with Crippen LogP contribution in [0.25, 0.3) is 5.52 Å². The molecule has 4 rings (SSSR count). The van der Waals surface area contributed by atoms with Gasteiger partial charge in [-0.1, -0.05) is 0 Å². The van der Waals surface area contributed by atoms with Crippen molar-refractivity contribution < 1.29 is 24.2 Å². The molecule has 0 aromatic carbocycles. The maximum absolute atomic E-state index is 12.2. The second-order valence-electron chi connectivity index (χ2n) is 6.88. The number of hydrogen-bond acceptors (Lipinski definition) is 8. The zero-order valence-corrected chi connectivity index (χ0v) is 16.5. The molecule has 3 aromatic heterocycles. The van der Waals surface area contributed by atoms with Crippen molar-refractivity contribution in [2.75, 3.05) is 24.9 Å². The van der Waals surface area contributed by atoms with Crippen LogP contribution in [-0.2, 0) is 16.1 Å². The van der Waals surface area contributed by atoms with E-state index in [1.807, 2.05) is 0 Å². The van der Waals surface area contributed by atoms with Gasteiger partial charge in [-0.05, 0) is 18.9 Å². The molecule has 1 fully saturated rings. The van der Waals surface area contributed by atoms with Crippen LogP contribution in [0.3, 0.4) is 0 Å². The molecule has 0 saturated heterocycles. The van der Waals surface area contributed by atoms with Gasteiger partial charge in [0.2, 0.25) is 5.91 Å². The lowest BCUT2D eigenvalue weighted by Gasteiger charge is -2.16. The lowest BCUT2D eigenvalue weighted by molar-refractivity contribution is -0.117. The molecule has 1 aliphatic carbocycles. The average Bonchev–Trinajstić information content (AvgIpc) is 3.53. The van der Waals surface area contributed by atoms with E-state index in [9.17, 15) is 14.7 Å². The van der Waals surface area contributed by atoms with Crippen LogP contribution in [0.2, 0.25) is 0 Å². The van der Waals surface area contributed by atoms with Crippen molar-refractivity contribution in [2.24, 2.45) is 5.92 Å². The number of aliphatic hydroxyl groups is 1. The number of methoxy groups -OCH3 is 2. The van der Waals surface area contributed by atoms with Crippen LogP contribution < -0.4 is 15.4 Å². The second-order valence-corrected chi connectivity index (χ2v) is 6.88. The van der Waals surface area contributed by atoms with Crippen molar-refractivity contribution in [1.29, 1.82) is 0 Å². The molecule has 1 amide bonds. The number of nitrogens with zero attached hydrogens (tertiary/aromatic N) is 3. The summed E-state index contributed by atoms with van der Waals surface area (Å²) in [5, 5.41) is 19.7. The first-order chi connectivity index (χ1) is 14.5. The summed E-state index contributed by atoms with van der Waals surface area (Å²) in [5.41, 5.74) is 2.31. The molecule has 1 aliphatic rings. The Hall–Kier alpha value is -3.66. The van der Waals surface area contributed by atoms with E-state index in [0.717, 1.165) is 12.8 Å². The van der Waals surface area contributed by atoms with E-state index < -0.39 is 5.97 Å². The van der Waals surface area contributed by atoms with E-state index in [1.54, 1.807) is 29.0 Å². The highest BCUT2D eigenvalue weighted by molar-refractivity contribution is 5.99. The standard InChI is InChI=1S/C20H21N5O5/c1-29-18-14(5-6-25-17(18)12(10-26)8-22-25)23-15-7-16(24-19(27)11-3-4-11)21-9-13(15)20(28)30-2/h5-9,11,26H,3-4,10H2,1-2H3,(H2,21,23,24,27). The number of esters is 1. The molecule has 10 nitrogen and oxygen atoms in total. The summed E-state index contributed by atoms with van der Waals surface area (Å²) in [7, 11) is 2.78. The number of pyridine rings is 2. The van der Waals surface area contributed by atoms with Crippen molar-refractivity contribution in [3.8, 4) is 5.75 Å². The molecule has 0 bridgehead atoms. The number of aromatic nitrogens is 3. The predicted octanol–water partition coefficient (Wildman–Crippen LogP) is 2.11. The smallest absolute Gasteiger partial charge is 0.341 e. The quantitative estimate of drug-likeness (QED) is 0.505. The van der Waals surface area contributed by atoms with Crippen molar-refractivity contribution in [2.45, 2.75) is 19.4 Å². The van der Waals surface area contributed by atoms with Crippen LogP contribution in [0.1, 0.15) is 28.8 Å². The number of fused-ring (bicyclic) bond motifs is 1. The molecular weight excluding hydrogens is 390 g/mol. The van der Waals surface area contributed by atoms with Crippen LogP contribution in [-0.4, -0.2) is 45.8 Å². The fraction of sp³-hybridized carbons (Fsp3) is 0.300. The maximum atomic E-state index is 12.2. The largest absolute Gasteiger partial charge is 0.492 e. The first kappa shape index (κ1) is 19.6. The highest BCUT2D eigenvalue weighted by Crippen LogP contribution is 2.35. The topological polar surface area (TPSA) is 127 Å². The minimum atomic E-state index is -0.578. The van der Waals surface area contributed by atoms with Crippen molar-refractivity contribution in [3.63, 3.8) is 0 Å². The van der Waals surface area contributed by atoms with Gasteiger partial charge in [-0.15, -0.1) is 0 Å². The monoisotopic (exact) mass is 411 g/mol. The molecule has 0 atom stereocenters. The number of ether oxygens (including phenoxy) is 2. The minimum absolute atomic E-state index is 0.0183. The Balaban J connectivity index is 1.75. The number of hydrogen-bond donors (Lipinski definition) is 3. The van der Waals surface area contributed by atoms with Gasteiger partial charge < -0.3 is 25.2 Å². The summed E-state index contributed by atoms with van der Waals surface area (Å²) in [6.07, 6.45) is 6.34. The Morgan fingerprint density at radius 2 is 2.07 bits per heavy atom. The lowest BCUT2D eigenvalue weighted by Crippen LogP contribution is -2.15. The van der Waals surface area contributed by atoms with Gasteiger partial charge in [-0.3, -0.25) is 4.79 Å². The third-order valence-corrected chi connectivity index (χ3v) is 4.87. The Morgan fingerprint density at radius 3 is 2.73 bits per heavy atom. The zero-order chi connectivity index (χ0) is 21.3. The van der Waals surface area contributed by atoms with Crippen LogP contribution >= 0.6 is 0 Å². The van der Waals surface area contributed by atoms with E-state index in [-0.39, 0.29) is 24.0 Å². The molecule has 30 heavy (non-hydrogen) atoms. The molecule has 3 N–H and O–H groups in total. The van der Waals surface area contributed by atoms with Crippen molar-refractivity contribution >= 4 is 34.6 Å². The molecule has 156 valence electrons. The summed E-state index contributed by atoms with van der Waals surface area (Å²) in [6.45, 7) is -0.205. The fourth-order valence-corrected chi connectivity index (χ4v) is 3.15. The average molecular weight is 411 g/mol. The van der Waals surface area contributed by atoms with E-state index in [1.165, 1.54) is 20.4 Å². The van der Waals surface area contributed by atoms with Gasteiger partial charge in [0.15, 0.2) is 5.75 Å². The van der Waals surface area contributed by atoms with Gasteiger partial charge in [0.1, 0.15) is 16.9 Å². The first-order valence-corrected chi connectivity index (χ1v) is 9.36. The van der Waals surface area contributed by atoms with Gasteiger partial charge in [-0.2, -0.15) is 5.10 Å². The number of nitrogens with one attached hydrogen (secondary N) is 2. The number of carbonyl (C=O) groups excluding carboxylic acids is 2. The fourth-order valence-electron chi connectivity index (χ4n) is 3.15. The molecular formula is C20H21N5O5. The highest BCUT2D eigenvalue weighted by atomic mass is 16.5. The highest BCUT2D eigenvalue weighted by Gasteiger charge is 2.30. The van der Waals surface area contributed by atoms with Crippen LogP contribution in [0.4, 0.5) is 17.2 Å². The van der Waals surface area contributed by atoms with Gasteiger partial charge >= 0.3 is 5.97 Å². The number of amides is 1. The second kappa shape index (κ2) is 7.99. The number of rotatable bonds is 7. The van der Waals surface area contributed by atoms with E-state index in [0.29, 0.717) is 34.0 Å². The van der Waals surface area contributed by atoms with Gasteiger partial charge in [0.25, 0.3) is 0 Å². The molecule has 0 unspecified atom stereocenters. The molecule has 0 spiro atoms. The third kappa shape index (κ3) is 3.64. The van der Waals surface area contributed by atoms with E-state index >= 15 is 0 Å². The summed E-state index contributed by atoms with van der Waals surface area (Å²) in [6, 6.07) is 3.30. The normalized spacial score (nSPS) is 13.2. The Kier molecular flexibility index (Phi) is 5.23. The van der Waals surface area contributed by atoms with Crippen molar-refractivity contribution in [1.82, 2.24) is 14.6 Å². The summed E-state index contributed by atoms with van der Waals surface area (Å²) in [5.74, 6) is 0.109. The SMILES string of the molecule is COC(=O)c1cnc(NC(=O)C2CC2)cc1Nc1ccn2ncc(CO)c2c1OC. The summed E-state index contributed by atoms with van der Waals surface area (Å²) >= 11 is 0. The Bertz CT molecular complexity index is 1120. The summed E-state index contributed by atoms with van der Waals surface area (Å²) in [4.78, 5) is 28.5. The van der Waals surface area contributed by atoms with Gasteiger partial charge in [0.05, 0.1) is 38.4 Å². The first-order valence-electron chi connectivity index (χ1n) is 9.36. The van der Waals surface area contributed by atoms with Crippen LogP contribution in [0, 0.1) is 5.92 Å². The molecule has 1 saturated carbocycles. The number of carbonyl (C=O) groups is 2. The number of anilines is 3. The molecule has 3 aromatic rings. The molecule has 0 aliphatic heterocycles. The molecule has 10 heteroatoms. The van der Waals surface area contributed by atoms with Crippen LogP contribution in [0.15, 0.2) is 30.7 Å². The Morgan fingerprint density at radius 1 is 1.27 bits per heavy atom. The van der Waals surface area contributed by atoms with Crippen LogP contribution in [0.5, 0.6) is 5.75 Å². The third-order valence-electron chi connectivity index (χ3n) is 4.87.